The van der Waals surface area contributed by atoms with E-state index in [-0.39, 0.29) is 17.0 Å². The van der Waals surface area contributed by atoms with Gasteiger partial charge in [0.15, 0.2) is 0 Å². The summed E-state index contributed by atoms with van der Waals surface area (Å²) in [5, 5.41) is 7.28. The molecule has 3 aromatic rings. The first kappa shape index (κ1) is 15.0. The molecule has 3 heterocycles. The van der Waals surface area contributed by atoms with Gasteiger partial charge in [-0.2, -0.15) is 5.10 Å². The third kappa shape index (κ3) is 2.85. The van der Waals surface area contributed by atoms with Crippen LogP contribution in [0.15, 0.2) is 35.5 Å². The van der Waals surface area contributed by atoms with Crippen molar-refractivity contribution in [1.29, 1.82) is 0 Å². The van der Waals surface area contributed by atoms with Gasteiger partial charge in [0, 0.05) is 30.7 Å². The molecular weight excluding hydrogens is 294 g/mol. The Morgan fingerprint density at radius 3 is 2.87 bits per heavy atom. The van der Waals surface area contributed by atoms with Gasteiger partial charge in [-0.05, 0) is 26.0 Å². The smallest absolute Gasteiger partial charge is 0.257 e. The number of fused-ring (bicyclic) bond motifs is 1. The highest BCUT2D eigenvalue weighted by molar-refractivity contribution is 5.96. The average Bonchev–Trinajstić information content (AvgIpc) is 2.94. The molecule has 23 heavy (non-hydrogen) atoms. The van der Waals surface area contributed by atoms with Crippen molar-refractivity contribution < 1.29 is 4.79 Å². The average molecular weight is 311 g/mol. The lowest BCUT2D eigenvalue weighted by Gasteiger charge is -2.12. The molecule has 0 saturated carbocycles. The second kappa shape index (κ2) is 5.68. The van der Waals surface area contributed by atoms with Gasteiger partial charge in [-0.1, -0.05) is 0 Å². The molecule has 0 aromatic carbocycles. The fraction of sp³-hybridized carbons (Fsp3) is 0.250. The van der Waals surface area contributed by atoms with Crippen molar-refractivity contribution in [2.45, 2.75) is 19.9 Å². The third-order valence-corrected chi connectivity index (χ3v) is 3.69. The van der Waals surface area contributed by atoms with E-state index >= 15 is 0 Å². The minimum atomic E-state index is -0.426. The van der Waals surface area contributed by atoms with Gasteiger partial charge in [0.1, 0.15) is 11.2 Å². The number of H-pyrrole nitrogens is 1. The summed E-state index contributed by atoms with van der Waals surface area (Å²) in [6.07, 6.45) is 4.91. The molecule has 0 spiro atoms. The molecule has 7 nitrogen and oxygen atoms in total. The number of carbonyl (C=O) groups excluding carboxylic acids is 1. The number of aromatic nitrogens is 4. The molecule has 7 heteroatoms. The van der Waals surface area contributed by atoms with Crippen LogP contribution < -0.4 is 10.7 Å². The van der Waals surface area contributed by atoms with Gasteiger partial charge in [0.2, 0.25) is 5.43 Å². The van der Waals surface area contributed by atoms with Gasteiger partial charge < -0.3 is 10.3 Å². The Balaban J connectivity index is 1.90. The summed E-state index contributed by atoms with van der Waals surface area (Å²) in [7, 11) is 1.81. The Kier molecular flexibility index (Phi) is 3.69. The van der Waals surface area contributed by atoms with Gasteiger partial charge in [0.25, 0.3) is 5.91 Å². The van der Waals surface area contributed by atoms with Crippen LogP contribution in [0.2, 0.25) is 0 Å². The molecule has 3 rings (SSSR count). The summed E-state index contributed by atoms with van der Waals surface area (Å²) in [6.45, 7) is 3.68. The van der Waals surface area contributed by atoms with Crippen LogP contribution in [0.4, 0.5) is 0 Å². The monoisotopic (exact) mass is 311 g/mol. The Morgan fingerprint density at radius 2 is 2.17 bits per heavy atom. The number of nitrogens with one attached hydrogen (secondary N) is 2. The summed E-state index contributed by atoms with van der Waals surface area (Å²) < 4.78 is 1.66. The van der Waals surface area contributed by atoms with Crippen LogP contribution in [0.25, 0.3) is 11.0 Å². The Bertz CT molecular complexity index is 941. The molecule has 0 fully saturated rings. The van der Waals surface area contributed by atoms with Crippen molar-refractivity contribution in [3.8, 4) is 0 Å². The van der Waals surface area contributed by atoms with Crippen LogP contribution in [0.3, 0.4) is 0 Å². The molecule has 0 aliphatic heterocycles. The summed E-state index contributed by atoms with van der Waals surface area (Å²) in [6, 6.07) is 3.18. The van der Waals surface area contributed by atoms with Crippen LogP contribution >= 0.6 is 0 Å². The molecule has 0 bridgehead atoms. The minimum absolute atomic E-state index is 0.0684. The normalized spacial score (nSPS) is 12.3. The molecule has 1 amide bonds. The van der Waals surface area contributed by atoms with E-state index in [0.717, 1.165) is 11.3 Å². The summed E-state index contributed by atoms with van der Waals surface area (Å²) >= 11 is 0. The number of aromatic amines is 1. The van der Waals surface area contributed by atoms with E-state index in [1.54, 1.807) is 30.1 Å². The van der Waals surface area contributed by atoms with E-state index in [1.165, 1.54) is 6.20 Å². The number of carbonyl (C=O) groups is 1. The number of pyridine rings is 2. The van der Waals surface area contributed by atoms with Crippen molar-refractivity contribution in [2.24, 2.45) is 7.05 Å². The highest BCUT2D eigenvalue weighted by Crippen LogP contribution is 2.12. The lowest BCUT2D eigenvalue weighted by atomic mass is 10.1. The summed E-state index contributed by atoms with van der Waals surface area (Å²) in [5.41, 5.74) is 1.89. The Hall–Kier alpha value is -2.96. The molecule has 0 saturated heterocycles. The number of amides is 1. The van der Waals surface area contributed by atoms with Gasteiger partial charge >= 0.3 is 0 Å². The second-order valence-electron chi connectivity index (χ2n) is 5.52. The van der Waals surface area contributed by atoms with Crippen LogP contribution in [0, 0.1) is 6.92 Å². The SMILES string of the molecule is Cc1ccc2c(=O)c(C(=O)NC(C)c3cnn(C)c3)c[nH]c2n1. The quantitative estimate of drug-likeness (QED) is 0.766. The molecule has 0 aliphatic rings. The Morgan fingerprint density at radius 1 is 1.39 bits per heavy atom. The zero-order valence-corrected chi connectivity index (χ0v) is 13.1. The van der Waals surface area contributed by atoms with E-state index in [9.17, 15) is 9.59 Å². The maximum Gasteiger partial charge on any atom is 0.257 e. The number of nitrogens with zero attached hydrogens (tertiary/aromatic N) is 3. The maximum absolute atomic E-state index is 12.5. The predicted octanol–water partition coefficient (Wildman–Crippen LogP) is 1.46. The molecular formula is C16H17N5O2. The van der Waals surface area contributed by atoms with E-state index in [4.69, 9.17) is 0 Å². The first-order valence-corrected chi connectivity index (χ1v) is 7.24. The highest BCUT2D eigenvalue weighted by atomic mass is 16.2. The lowest BCUT2D eigenvalue weighted by Crippen LogP contribution is -2.31. The zero-order valence-electron chi connectivity index (χ0n) is 13.1. The number of hydrogen-bond acceptors (Lipinski definition) is 4. The fourth-order valence-corrected chi connectivity index (χ4v) is 2.39. The molecule has 1 atom stereocenters. The Labute approximate surface area is 132 Å². The lowest BCUT2D eigenvalue weighted by molar-refractivity contribution is 0.0938. The first-order chi connectivity index (χ1) is 11.0. The largest absolute Gasteiger partial charge is 0.345 e. The summed E-state index contributed by atoms with van der Waals surface area (Å²) in [4.78, 5) is 32.0. The minimum Gasteiger partial charge on any atom is -0.345 e. The molecule has 1 unspecified atom stereocenters. The fourth-order valence-electron chi connectivity index (χ4n) is 2.39. The van der Waals surface area contributed by atoms with Gasteiger partial charge in [-0.15, -0.1) is 0 Å². The van der Waals surface area contributed by atoms with E-state index in [1.807, 2.05) is 20.0 Å². The topological polar surface area (TPSA) is 92.7 Å². The van der Waals surface area contributed by atoms with Crippen molar-refractivity contribution >= 4 is 16.9 Å². The molecule has 0 aliphatic carbocycles. The number of aryl methyl sites for hydroxylation is 2. The highest BCUT2D eigenvalue weighted by Gasteiger charge is 2.17. The molecule has 3 aromatic heterocycles. The standard InChI is InChI=1S/C16H17N5O2/c1-9-4-5-12-14(22)13(7-17-15(12)19-9)16(23)20-10(2)11-6-18-21(3)8-11/h4-8,10H,1-3H3,(H,20,23)(H,17,19,22). The van der Waals surface area contributed by atoms with Crippen LogP contribution in [-0.2, 0) is 7.05 Å². The zero-order chi connectivity index (χ0) is 16.6. The van der Waals surface area contributed by atoms with Crippen LogP contribution in [-0.4, -0.2) is 25.7 Å². The first-order valence-electron chi connectivity index (χ1n) is 7.24. The number of hydrogen-bond donors (Lipinski definition) is 2. The van der Waals surface area contributed by atoms with Gasteiger partial charge in [-0.25, -0.2) is 4.98 Å². The van der Waals surface area contributed by atoms with E-state index in [0.29, 0.717) is 11.0 Å². The maximum atomic E-state index is 12.5. The summed E-state index contributed by atoms with van der Waals surface area (Å²) in [5.74, 6) is -0.426. The van der Waals surface area contributed by atoms with Crippen LogP contribution in [0.1, 0.15) is 34.6 Å². The van der Waals surface area contributed by atoms with Crippen molar-refractivity contribution in [1.82, 2.24) is 25.1 Å². The number of rotatable bonds is 3. The second-order valence-corrected chi connectivity index (χ2v) is 5.52. The molecule has 118 valence electrons. The molecule has 2 N–H and O–H groups in total. The van der Waals surface area contributed by atoms with Crippen molar-refractivity contribution in [3.05, 3.63) is 57.8 Å². The van der Waals surface area contributed by atoms with Crippen molar-refractivity contribution in [2.75, 3.05) is 0 Å². The van der Waals surface area contributed by atoms with Crippen molar-refractivity contribution in [3.63, 3.8) is 0 Å². The predicted molar refractivity (Wildman–Crippen MR) is 86.2 cm³/mol. The van der Waals surface area contributed by atoms with E-state index in [2.05, 4.69) is 20.4 Å². The third-order valence-electron chi connectivity index (χ3n) is 3.69. The molecule has 0 radical (unpaired) electrons. The van der Waals surface area contributed by atoms with Gasteiger partial charge in [-0.3, -0.25) is 14.3 Å². The van der Waals surface area contributed by atoms with Crippen LogP contribution in [0.5, 0.6) is 0 Å². The van der Waals surface area contributed by atoms with Gasteiger partial charge in [0.05, 0.1) is 17.6 Å². The van der Waals surface area contributed by atoms with E-state index < -0.39 is 5.91 Å².